The van der Waals surface area contributed by atoms with E-state index in [-0.39, 0.29) is 11.9 Å². The number of thioether (sulfide) groups is 1. The SMILES string of the molecule is CCOC(=O)C1C2C=C([Si](C)(C)C)SC21. The number of fused-ring (bicyclic) bond motifs is 1. The van der Waals surface area contributed by atoms with Gasteiger partial charge in [-0.25, -0.2) is 0 Å². The molecule has 0 aromatic heterocycles. The third-order valence-corrected chi connectivity index (χ3v) is 8.02. The predicted molar refractivity (Wildman–Crippen MR) is 66.4 cm³/mol. The Hall–Kier alpha value is -0.223. The van der Waals surface area contributed by atoms with Crippen molar-refractivity contribution in [3.8, 4) is 0 Å². The molecule has 1 heterocycles. The van der Waals surface area contributed by atoms with Gasteiger partial charge < -0.3 is 4.74 Å². The maximum atomic E-state index is 11.5. The molecular formula is C11H18O2SSi. The van der Waals surface area contributed by atoms with Gasteiger partial charge in [0, 0.05) is 11.2 Å². The van der Waals surface area contributed by atoms with Crippen molar-refractivity contribution in [2.75, 3.05) is 6.61 Å². The number of ether oxygens (including phenoxy) is 1. The fraction of sp³-hybridized carbons (Fsp3) is 0.727. The van der Waals surface area contributed by atoms with Gasteiger partial charge in [0.1, 0.15) is 0 Å². The summed E-state index contributed by atoms with van der Waals surface area (Å²) in [6.45, 7) is 9.44. The van der Waals surface area contributed by atoms with Crippen LogP contribution in [0.5, 0.6) is 0 Å². The van der Waals surface area contributed by atoms with Gasteiger partial charge in [-0.15, -0.1) is 11.8 Å². The smallest absolute Gasteiger partial charge is 0.310 e. The average Bonchev–Trinajstić information content (AvgIpc) is 2.60. The highest BCUT2D eigenvalue weighted by molar-refractivity contribution is 8.06. The molecule has 3 atom stereocenters. The molecule has 0 bridgehead atoms. The Morgan fingerprint density at radius 1 is 1.53 bits per heavy atom. The Morgan fingerprint density at radius 3 is 2.60 bits per heavy atom. The number of hydrogen-bond donors (Lipinski definition) is 0. The lowest BCUT2D eigenvalue weighted by molar-refractivity contribution is -0.144. The Bertz CT molecular complexity index is 319. The van der Waals surface area contributed by atoms with Crippen LogP contribution in [0, 0.1) is 11.8 Å². The third-order valence-electron chi connectivity index (χ3n) is 2.91. The fourth-order valence-electron chi connectivity index (χ4n) is 1.97. The molecule has 0 amide bonds. The number of carbonyl (C=O) groups excluding carboxylic acids is 1. The lowest BCUT2D eigenvalue weighted by Crippen LogP contribution is -2.22. The minimum absolute atomic E-state index is 0.00544. The van der Waals surface area contributed by atoms with Crippen molar-refractivity contribution in [1.82, 2.24) is 0 Å². The van der Waals surface area contributed by atoms with E-state index in [1.807, 2.05) is 18.7 Å². The zero-order chi connectivity index (χ0) is 11.2. The summed E-state index contributed by atoms with van der Waals surface area (Å²) in [5, 5.41) is 0.505. The molecule has 1 aliphatic heterocycles. The van der Waals surface area contributed by atoms with Crippen LogP contribution in [-0.4, -0.2) is 25.9 Å². The van der Waals surface area contributed by atoms with Crippen LogP contribution < -0.4 is 0 Å². The van der Waals surface area contributed by atoms with E-state index in [4.69, 9.17) is 4.74 Å². The fourth-order valence-corrected chi connectivity index (χ4v) is 5.77. The van der Waals surface area contributed by atoms with Gasteiger partial charge in [0.05, 0.1) is 20.6 Å². The van der Waals surface area contributed by atoms with Crippen LogP contribution >= 0.6 is 11.8 Å². The van der Waals surface area contributed by atoms with E-state index in [9.17, 15) is 4.79 Å². The van der Waals surface area contributed by atoms with Gasteiger partial charge in [0.15, 0.2) is 0 Å². The topological polar surface area (TPSA) is 26.3 Å². The number of hydrogen-bond acceptors (Lipinski definition) is 3. The maximum absolute atomic E-state index is 11.5. The summed E-state index contributed by atoms with van der Waals surface area (Å²) in [5.41, 5.74) is 0. The summed E-state index contributed by atoms with van der Waals surface area (Å²) in [6, 6.07) is 0. The first-order chi connectivity index (χ1) is 6.95. The number of esters is 1. The molecule has 1 saturated carbocycles. The van der Waals surface area contributed by atoms with Crippen LogP contribution in [0.25, 0.3) is 0 Å². The van der Waals surface area contributed by atoms with Gasteiger partial charge in [-0.2, -0.15) is 0 Å². The van der Waals surface area contributed by atoms with Crippen LogP contribution in [0.3, 0.4) is 0 Å². The second-order valence-electron chi connectivity index (χ2n) is 5.22. The second-order valence-corrected chi connectivity index (χ2v) is 11.8. The molecule has 2 nitrogen and oxygen atoms in total. The van der Waals surface area contributed by atoms with Gasteiger partial charge >= 0.3 is 5.97 Å². The van der Waals surface area contributed by atoms with Gasteiger partial charge in [0.25, 0.3) is 0 Å². The molecule has 2 rings (SSSR count). The highest BCUT2D eigenvalue weighted by Gasteiger charge is 2.59. The Morgan fingerprint density at radius 2 is 2.20 bits per heavy atom. The van der Waals surface area contributed by atoms with Crippen molar-refractivity contribution in [2.24, 2.45) is 11.8 Å². The highest BCUT2D eigenvalue weighted by atomic mass is 32.2. The van der Waals surface area contributed by atoms with E-state index in [1.54, 1.807) is 4.53 Å². The summed E-state index contributed by atoms with van der Waals surface area (Å²) in [4.78, 5) is 11.5. The molecule has 4 heteroatoms. The normalized spacial score (nSPS) is 33.3. The van der Waals surface area contributed by atoms with E-state index in [0.29, 0.717) is 17.8 Å². The summed E-state index contributed by atoms with van der Waals surface area (Å²) < 4.78 is 6.62. The molecular weight excluding hydrogens is 224 g/mol. The molecule has 2 aliphatic rings. The monoisotopic (exact) mass is 242 g/mol. The Labute approximate surface area is 96.5 Å². The summed E-state index contributed by atoms with van der Waals surface area (Å²) in [7, 11) is -1.15. The minimum atomic E-state index is -1.15. The van der Waals surface area contributed by atoms with Gasteiger partial charge in [0.2, 0.25) is 0 Å². The van der Waals surface area contributed by atoms with Crippen molar-refractivity contribution >= 4 is 25.8 Å². The van der Waals surface area contributed by atoms with Gasteiger partial charge in [-0.1, -0.05) is 25.7 Å². The van der Waals surface area contributed by atoms with E-state index >= 15 is 0 Å². The molecule has 84 valence electrons. The number of allylic oxidation sites excluding steroid dienone is 1. The minimum Gasteiger partial charge on any atom is -0.466 e. The lowest BCUT2D eigenvalue weighted by atomic mass is 10.3. The van der Waals surface area contributed by atoms with Crippen LogP contribution in [0.1, 0.15) is 6.92 Å². The first kappa shape index (κ1) is 11.3. The first-order valence-electron chi connectivity index (χ1n) is 5.50. The number of carbonyl (C=O) groups is 1. The van der Waals surface area contributed by atoms with Crippen molar-refractivity contribution in [3.63, 3.8) is 0 Å². The predicted octanol–water partition coefficient (Wildman–Crippen LogP) is 2.67. The van der Waals surface area contributed by atoms with Crippen LogP contribution in [0.4, 0.5) is 0 Å². The maximum Gasteiger partial charge on any atom is 0.310 e. The Balaban J connectivity index is 1.97. The second kappa shape index (κ2) is 3.66. The van der Waals surface area contributed by atoms with Gasteiger partial charge in [-0.3, -0.25) is 4.79 Å². The standard InChI is InChI=1S/C11H18O2SSi/c1-5-13-11(12)9-7-6-8(14-10(7)9)15(2,3)4/h6-7,9-10H,5H2,1-4H3. The summed E-state index contributed by atoms with van der Waals surface area (Å²) in [6.07, 6.45) is 2.34. The molecule has 15 heavy (non-hydrogen) atoms. The largest absolute Gasteiger partial charge is 0.466 e. The molecule has 0 aromatic carbocycles. The van der Waals surface area contributed by atoms with Crippen molar-refractivity contribution < 1.29 is 9.53 Å². The van der Waals surface area contributed by atoms with Crippen LogP contribution in [0.15, 0.2) is 10.6 Å². The molecule has 0 aromatic rings. The molecule has 0 saturated heterocycles. The van der Waals surface area contributed by atoms with Crippen molar-refractivity contribution in [2.45, 2.75) is 31.8 Å². The van der Waals surface area contributed by atoms with E-state index < -0.39 is 8.07 Å². The van der Waals surface area contributed by atoms with Gasteiger partial charge in [-0.05, 0) is 11.5 Å². The Kier molecular flexibility index (Phi) is 2.75. The van der Waals surface area contributed by atoms with E-state index in [0.717, 1.165) is 0 Å². The zero-order valence-corrected chi connectivity index (χ0v) is 11.6. The van der Waals surface area contributed by atoms with Crippen LogP contribution in [0.2, 0.25) is 19.6 Å². The van der Waals surface area contributed by atoms with E-state index in [2.05, 4.69) is 25.7 Å². The van der Waals surface area contributed by atoms with Crippen LogP contribution in [-0.2, 0) is 9.53 Å². The zero-order valence-electron chi connectivity index (χ0n) is 9.74. The first-order valence-corrected chi connectivity index (χ1v) is 9.88. The van der Waals surface area contributed by atoms with Crippen molar-refractivity contribution in [1.29, 1.82) is 0 Å². The third kappa shape index (κ3) is 2.02. The average molecular weight is 242 g/mol. The highest BCUT2D eigenvalue weighted by Crippen LogP contribution is 2.59. The molecule has 3 unspecified atom stereocenters. The molecule has 0 spiro atoms. The lowest BCUT2D eigenvalue weighted by Gasteiger charge is -2.18. The van der Waals surface area contributed by atoms with Crippen molar-refractivity contribution in [3.05, 3.63) is 10.6 Å². The molecule has 0 N–H and O–H groups in total. The molecule has 0 radical (unpaired) electrons. The summed E-state index contributed by atoms with van der Waals surface area (Å²) in [5.74, 6) is 0.650. The molecule has 1 fully saturated rings. The van der Waals surface area contributed by atoms with E-state index in [1.165, 1.54) is 0 Å². The molecule has 1 aliphatic carbocycles. The number of rotatable bonds is 3. The quantitative estimate of drug-likeness (QED) is 0.562. The summed E-state index contributed by atoms with van der Waals surface area (Å²) >= 11 is 1.93.